The fraction of sp³-hybridized carbons (Fsp3) is 0.222. The summed E-state index contributed by atoms with van der Waals surface area (Å²) >= 11 is 5.84. The zero-order chi connectivity index (χ0) is 17.9. The van der Waals surface area contributed by atoms with Gasteiger partial charge in [-0.2, -0.15) is 0 Å². The zero-order valence-electron chi connectivity index (χ0n) is 13.7. The third-order valence-electron chi connectivity index (χ3n) is 3.29. The molecule has 126 valence electrons. The Kier molecular flexibility index (Phi) is 5.14. The summed E-state index contributed by atoms with van der Waals surface area (Å²) in [6.07, 6.45) is 0. The smallest absolute Gasteiger partial charge is 0.259 e. The van der Waals surface area contributed by atoms with Crippen molar-refractivity contribution in [3.8, 4) is 5.75 Å². The number of amides is 2. The number of phenols is 1. The van der Waals surface area contributed by atoms with Gasteiger partial charge in [-0.1, -0.05) is 32.4 Å². The Bertz CT molecular complexity index is 765. The van der Waals surface area contributed by atoms with Gasteiger partial charge in [-0.25, -0.2) is 0 Å². The molecular weight excluding hydrogens is 328 g/mol. The van der Waals surface area contributed by atoms with E-state index in [0.717, 1.165) is 0 Å². The van der Waals surface area contributed by atoms with Gasteiger partial charge in [-0.05, 0) is 42.5 Å². The van der Waals surface area contributed by atoms with Crippen molar-refractivity contribution >= 4 is 34.8 Å². The fourth-order valence-electron chi connectivity index (χ4n) is 1.84. The van der Waals surface area contributed by atoms with Crippen LogP contribution >= 0.6 is 11.6 Å². The maximum atomic E-state index is 12.2. The second-order valence-corrected chi connectivity index (χ2v) is 6.83. The minimum atomic E-state index is -0.489. The molecule has 6 heteroatoms. The molecule has 0 aromatic heterocycles. The summed E-state index contributed by atoms with van der Waals surface area (Å²) in [5.74, 6) is -0.712. The molecule has 3 N–H and O–H groups in total. The van der Waals surface area contributed by atoms with Crippen LogP contribution in [0.4, 0.5) is 11.4 Å². The number of carbonyl (C=O) groups excluding carboxylic acids is 2. The average Bonchev–Trinajstić information content (AvgIpc) is 2.50. The minimum Gasteiger partial charge on any atom is -0.507 e. The van der Waals surface area contributed by atoms with Crippen LogP contribution in [-0.4, -0.2) is 16.9 Å². The van der Waals surface area contributed by atoms with Gasteiger partial charge in [0.2, 0.25) is 5.91 Å². The van der Waals surface area contributed by atoms with Gasteiger partial charge in [0.15, 0.2) is 0 Å². The van der Waals surface area contributed by atoms with E-state index in [1.807, 2.05) is 20.8 Å². The van der Waals surface area contributed by atoms with Crippen LogP contribution in [0.1, 0.15) is 31.1 Å². The molecule has 0 aliphatic rings. The lowest BCUT2D eigenvalue weighted by atomic mass is 9.95. The number of phenolic OH excluding ortho intramolecular Hbond substituents is 1. The Balaban J connectivity index is 2.07. The second-order valence-electron chi connectivity index (χ2n) is 6.40. The van der Waals surface area contributed by atoms with Crippen LogP contribution in [0.3, 0.4) is 0 Å². The van der Waals surface area contributed by atoms with Crippen molar-refractivity contribution in [2.24, 2.45) is 5.41 Å². The lowest BCUT2D eigenvalue weighted by Gasteiger charge is -2.17. The van der Waals surface area contributed by atoms with Crippen molar-refractivity contribution in [2.75, 3.05) is 10.6 Å². The number of aromatic hydroxyl groups is 1. The Hall–Kier alpha value is -2.53. The van der Waals surface area contributed by atoms with Crippen LogP contribution in [0.5, 0.6) is 5.75 Å². The largest absolute Gasteiger partial charge is 0.507 e. The first-order valence-corrected chi connectivity index (χ1v) is 7.76. The number of hydrogen-bond acceptors (Lipinski definition) is 3. The van der Waals surface area contributed by atoms with E-state index in [4.69, 9.17) is 11.6 Å². The van der Waals surface area contributed by atoms with Gasteiger partial charge < -0.3 is 15.7 Å². The van der Waals surface area contributed by atoms with Crippen LogP contribution in [0.15, 0.2) is 42.5 Å². The highest BCUT2D eigenvalue weighted by atomic mass is 35.5. The van der Waals surface area contributed by atoms with Crippen LogP contribution in [0, 0.1) is 5.41 Å². The predicted molar refractivity (Wildman–Crippen MR) is 95.6 cm³/mol. The summed E-state index contributed by atoms with van der Waals surface area (Å²) in [7, 11) is 0. The molecule has 5 nitrogen and oxygen atoms in total. The lowest BCUT2D eigenvalue weighted by molar-refractivity contribution is -0.123. The van der Waals surface area contributed by atoms with Crippen LogP contribution in [-0.2, 0) is 4.79 Å². The molecule has 2 aromatic carbocycles. The standard InChI is InChI=1S/C18H19ClN2O3/c1-18(2,3)17(24)21-13-7-5-12(6-8-13)20-16(23)14-10-11(19)4-9-15(14)22/h4-10,22H,1-3H3,(H,20,23)(H,21,24). The molecule has 0 fully saturated rings. The van der Waals surface area contributed by atoms with Crippen molar-refractivity contribution in [3.63, 3.8) is 0 Å². The zero-order valence-corrected chi connectivity index (χ0v) is 14.4. The number of carbonyl (C=O) groups is 2. The predicted octanol–water partition coefficient (Wildman–Crippen LogP) is 4.28. The molecule has 0 heterocycles. The molecule has 0 aliphatic heterocycles. The summed E-state index contributed by atoms with van der Waals surface area (Å²) in [4.78, 5) is 24.1. The number of hydrogen-bond donors (Lipinski definition) is 3. The first kappa shape index (κ1) is 17.8. The van der Waals surface area contributed by atoms with Gasteiger partial charge in [0.1, 0.15) is 5.75 Å². The van der Waals surface area contributed by atoms with Gasteiger partial charge in [-0.15, -0.1) is 0 Å². The minimum absolute atomic E-state index is 0.0904. The van der Waals surface area contributed by atoms with E-state index in [1.54, 1.807) is 24.3 Å². The monoisotopic (exact) mass is 346 g/mol. The molecule has 0 spiro atoms. The highest BCUT2D eigenvalue weighted by molar-refractivity contribution is 6.31. The summed E-state index contributed by atoms with van der Waals surface area (Å²) in [6, 6.07) is 11.0. The summed E-state index contributed by atoms with van der Waals surface area (Å²) in [6.45, 7) is 5.48. The van der Waals surface area contributed by atoms with Crippen molar-refractivity contribution in [1.29, 1.82) is 0 Å². The average molecular weight is 347 g/mol. The third-order valence-corrected chi connectivity index (χ3v) is 3.52. The first-order chi connectivity index (χ1) is 11.2. The Labute approximate surface area is 145 Å². The number of benzene rings is 2. The van der Waals surface area contributed by atoms with E-state index < -0.39 is 11.3 Å². The van der Waals surface area contributed by atoms with Crippen LogP contribution in [0.25, 0.3) is 0 Å². The molecule has 0 saturated heterocycles. The molecule has 24 heavy (non-hydrogen) atoms. The van der Waals surface area contributed by atoms with Crippen LogP contribution in [0.2, 0.25) is 5.02 Å². The van der Waals surface area contributed by atoms with Crippen molar-refractivity contribution in [2.45, 2.75) is 20.8 Å². The Morgan fingerprint density at radius 2 is 1.50 bits per heavy atom. The fourth-order valence-corrected chi connectivity index (χ4v) is 2.02. The number of rotatable bonds is 3. The van der Waals surface area contributed by atoms with Gasteiger partial charge in [0, 0.05) is 21.8 Å². The highest BCUT2D eigenvalue weighted by Crippen LogP contribution is 2.23. The van der Waals surface area contributed by atoms with E-state index in [1.165, 1.54) is 18.2 Å². The molecule has 0 saturated carbocycles. The van der Waals surface area contributed by atoms with E-state index in [-0.39, 0.29) is 17.2 Å². The number of halogens is 1. The van der Waals surface area contributed by atoms with E-state index in [2.05, 4.69) is 10.6 Å². The summed E-state index contributed by atoms with van der Waals surface area (Å²) in [5.41, 5.74) is 0.774. The molecule has 2 aromatic rings. The molecule has 0 bridgehead atoms. The quantitative estimate of drug-likeness (QED) is 0.776. The normalized spacial score (nSPS) is 11.0. The Morgan fingerprint density at radius 3 is 2.04 bits per heavy atom. The Morgan fingerprint density at radius 1 is 0.958 bits per heavy atom. The molecular formula is C18H19ClN2O3. The maximum Gasteiger partial charge on any atom is 0.259 e. The molecule has 0 aliphatic carbocycles. The second kappa shape index (κ2) is 6.93. The lowest BCUT2D eigenvalue weighted by Crippen LogP contribution is -2.27. The number of nitrogens with one attached hydrogen (secondary N) is 2. The number of anilines is 2. The topological polar surface area (TPSA) is 78.4 Å². The maximum absolute atomic E-state index is 12.2. The van der Waals surface area contributed by atoms with Crippen LogP contribution < -0.4 is 10.6 Å². The van der Waals surface area contributed by atoms with Gasteiger partial charge >= 0.3 is 0 Å². The van der Waals surface area contributed by atoms with E-state index >= 15 is 0 Å². The molecule has 0 unspecified atom stereocenters. The van der Waals surface area contributed by atoms with Gasteiger partial charge in [-0.3, -0.25) is 9.59 Å². The summed E-state index contributed by atoms with van der Waals surface area (Å²) < 4.78 is 0. The third kappa shape index (κ3) is 4.49. The van der Waals surface area contributed by atoms with Crippen molar-refractivity contribution in [1.82, 2.24) is 0 Å². The van der Waals surface area contributed by atoms with E-state index in [0.29, 0.717) is 16.4 Å². The summed E-state index contributed by atoms with van der Waals surface area (Å²) in [5, 5.41) is 15.6. The van der Waals surface area contributed by atoms with E-state index in [9.17, 15) is 14.7 Å². The van der Waals surface area contributed by atoms with Gasteiger partial charge in [0.25, 0.3) is 5.91 Å². The SMILES string of the molecule is CC(C)(C)C(=O)Nc1ccc(NC(=O)c2cc(Cl)ccc2O)cc1. The van der Waals surface area contributed by atoms with Gasteiger partial charge in [0.05, 0.1) is 5.56 Å². The van der Waals surface area contributed by atoms with Crippen molar-refractivity contribution < 1.29 is 14.7 Å². The molecule has 0 radical (unpaired) electrons. The van der Waals surface area contributed by atoms with Crippen molar-refractivity contribution in [3.05, 3.63) is 53.1 Å². The molecule has 2 amide bonds. The highest BCUT2D eigenvalue weighted by Gasteiger charge is 2.21. The molecule has 2 rings (SSSR count). The molecule has 0 atom stereocenters. The first-order valence-electron chi connectivity index (χ1n) is 7.38.